The average Bonchev–Trinajstić information content (AvgIpc) is 2.36. The SMILES string of the molecule is Cc1ccc(NCCc2cc(F)ccc2F)c(N)c1. The molecule has 0 aromatic heterocycles. The van der Waals surface area contributed by atoms with E-state index in [0.29, 0.717) is 24.2 Å². The van der Waals surface area contributed by atoms with Crippen molar-refractivity contribution in [3.05, 3.63) is 59.2 Å². The normalized spacial score (nSPS) is 10.5. The lowest BCUT2D eigenvalue weighted by molar-refractivity contribution is 0.586. The third kappa shape index (κ3) is 3.44. The molecule has 2 aromatic carbocycles. The van der Waals surface area contributed by atoms with Crippen molar-refractivity contribution in [3.63, 3.8) is 0 Å². The van der Waals surface area contributed by atoms with Crippen molar-refractivity contribution in [1.29, 1.82) is 0 Å². The fourth-order valence-corrected chi connectivity index (χ4v) is 1.91. The Hall–Kier alpha value is -2.10. The quantitative estimate of drug-likeness (QED) is 0.827. The van der Waals surface area contributed by atoms with Crippen molar-refractivity contribution in [3.8, 4) is 0 Å². The third-order valence-corrected chi connectivity index (χ3v) is 2.92. The first-order chi connectivity index (χ1) is 9.06. The van der Waals surface area contributed by atoms with Crippen molar-refractivity contribution >= 4 is 11.4 Å². The molecule has 0 aliphatic rings. The molecule has 0 saturated heterocycles. The van der Waals surface area contributed by atoms with Gasteiger partial charge in [-0.3, -0.25) is 0 Å². The molecule has 0 radical (unpaired) electrons. The number of rotatable bonds is 4. The van der Waals surface area contributed by atoms with Crippen molar-refractivity contribution < 1.29 is 8.78 Å². The average molecular weight is 262 g/mol. The lowest BCUT2D eigenvalue weighted by Gasteiger charge is -2.10. The van der Waals surface area contributed by atoms with Gasteiger partial charge in [-0.25, -0.2) is 8.78 Å². The van der Waals surface area contributed by atoms with Crippen LogP contribution in [0.2, 0.25) is 0 Å². The molecule has 3 N–H and O–H groups in total. The largest absolute Gasteiger partial charge is 0.397 e. The van der Waals surface area contributed by atoms with Gasteiger partial charge in [0, 0.05) is 6.54 Å². The molecule has 2 rings (SSSR count). The third-order valence-electron chi connectivity index (χ3n) is 2.92. The van der Waals surface area contributed by atoms with Gasteiger partial charge >= 0.3 is 0 Å². The predicted octanol–water partition coefficient (Wildman–Crippen LogP) is 3.51. The Morgan fingerprint density at radius 1 is 1.11 bits per heavy atom. The van der Waals surface area contributed by atoms with Crippen LogP contribution in [-0.2, 0) is 6.42 Å². The number of halogens is 2. The summed E-state index contributed by atoms with van der Waals surface area (Å²) in [5.41, 5.74) is 8.76. The van der Waals surface area contributed by atoms with Crippen molar-refractivity contribution in [2.75, 3.05) is 17.6 Å². The van der Waals surface area contributed by atoms with Gasteiger partial charge in [0.2, 0.25) is 0 Å². The molecule has 2 aromatic rings. The molecule has 100 valence electrons. The summed E-state index contributed by atoms with van der Waals surface area (Å²) in [7, 11) is 0. The van der Waals surface area contributed by atoms with Crippen LogP contribution in [0.1, 0.15) is 11.1 Å². The Balaban J connectivity index is 1.98. The van der Waals surface area contributed by atoms with Gasteiger partial charge in [-0.05, 0) is 54.8 Å². The van der Waals surface area contributed by atoms with Gasteiger partial charge < -0.3 is 11.1 Å². The Morgan fingerprint density at radius 3 is 2.63 bits per heavy atom. The maximum atomic E-state index is 13.4. The number of nitrogens with two attached hydrogens (primary N) is 1. The van der Waals surface area contributed by atoms with E-state index in [-0.39, 0.29) is 5.82 Å². The molecule has 0 atom stereocenters. The summed E-state index contributed by atoms with van der Waals surface area (Å²) in [5, 5.41) is 3.12. The lowest BCUT2D eigenvalue weighted by Crippen LogP contribution is -2.08. The van der Waals surface area contributed by atoms with Gasteiger partial charge in [0.1, 0.15) is 11.6 Å². The van der Waals surface area contributed by atoms with Gasteiger partial charge in [0.25, 0.3) is 0 Å². The van der Waals surface area contributed by atoms with Crippen LogP contribution in [0.3, 0.4) is 0 Å². The second kappa shape index (κ2) is 5.69. The monoisotopic (exact) mass is 262 g/mol. The maximum absolute atomic E-state index is 13.4. The lowest BCUT2D eigenvalue weighted by atomic mass is 10.1. The van der Waals surface area contributed by atoms with Gasteiger partial charge in [-0.15, -0.1) is 0 Å². The number of nitrogens with one attached hydrogen (secondary N) is 1. The van der Waals surface area contributed by atoms with E-state index in [1.54, 1.807) is 0 Å². The molecule has 0 heterocycles. The number of anilines is 2. The molecule has 0 unspecified atom stereocenters. The Bertz CT molecular complexity index is 582. The maximum Gasteiger partial charge on any atom is 0.126 e. The highest BCUT2D eigenvalue weighted by Gasteiger charge is 2.04. The molecule has 0 aliphatic heterocycles. The molecule has 0 aliphatic carbocycles. The molecule has 2 nitrogen and oxygen atoms in total. The molecule has 0 fully saturated rings. The van der Waals surface area contributed by atoms with Crippen LogP contribution in [-0.4, -0.2) is 6.54 Å². The van der Waals surface area contributed by atoms with E-state index < -0.39 is 5.82 Å². The molecular weight excluding hydrogens is 246 g/mol. The van der Waals surface area contributed by atoms with E-state index >= 15 is 0 Å². The van der Waals surface area contributed by atoms with Crippen molar-refractivity contribution in [2.24, 2.45) is 0 Å². The Labute approximate surface area is 111 Å². The minimum Gasteiger partial charge on any atom is -0.397 e. The molecule has 4 heteroatoms. The van der Waals surface area contributed by atoms with E-state index in [1.807, 2.05) is 25.1 Å². The Kier molecular flexibility index (Phi) is 4.00. The van der Waals surface area contributed by atoms with Crippen LogP contribution in [0.4, 0.5) is 20.2 Å². The molecular formula is C15H16F2N2. The first-order valence-electron chi connectivity index (χ1n) is 6.10. The minimum absolute atomic E-state index is 0.359. The second-order valence-corrected chi connectivity index (χ2v) is 4.50. The van der Waals surface area contributed by atoms with E-state index in [2.05, 4.69) is 5.32 Å². The predicted molar refractivity (Wildman–Crippen MR) is 74.1 cm³/mol. The summed E-state index contributed by atoms with van der Waals surface area (Å²) >= 11 is 0. The number of hydrogen-bond acceptors (Lipinski definition) is 2. The number of hydrogen-bond donors (Lipinski definition) is 2. The van der Waals surface area contributed by atoms with E-state index in [9.17, 15) is 8.78 Å². The highest BCUT2D eigenvalue weighted by atomic mass is 19.1. The van der Waals surface area contributed by atoms with Crippen molar-refractivity contribution in [1.82, 2.24) is 0 Å². The minimum atomic E-state index is -0.425. The van der Waals surface area contributed by atoms with Gasteiger partial charge in [0.05, 0.1) is 11.4 Å². The summed E-state index contributed by atoms with van der Waals surface area (Å²) < 4.78 is 26.4. The van der Waals surface area contributed by atoms with Gasteiger partial charge in [0.15, 0.2) is 0 Å². The summed E-state index contributed by atoms with van der Waals surface area (Å²) in [5.74, 6) is -0.814. The van der Waals surface area contributed by atoms with Crippen LogP contribution >= 0.6 is 0 Å². The number of aryl methyl sites for hydroxylation is 1. The van der Waals surface area contributed by atoms with Gasteiger partial charge in [-0.1, -0.05) is 6.07 Å². The zero-order chi connectivity index (χ0) is 13.8. The Morgan fingerprint density at radius 2 is 1.89 bits per heavy atom. The van der Waals surface area contributed by atoms with Gasteiger partial charge in [-0.2, -0.15) is 0 Å². The molecule has 0 amide bonds. The number of nitrogen functional groups attached to an aromatic ring is 1. The van der Waals surface area contributed by atoms with E-state index in [4.69, 9.17) is 5.73 Å². The zero-order valence-corrected chi connectivity index (χ0v) is 10.7. The fourth-order valence-electron chi connectivity index (χ4n) is 1.91. The van der Waals surface area contributed by atoms with Crippen molar-refractivity contribution in [2.45, 2.75) is 13.3 Å². The smallest absolute Gasteiger partial charge is 0.126 e. The number of benzene rings is 2. The molecule has 19 heavy (non-hydrogen) atoms. The molecule has 0 bridgehead atoms. The topological polar surface area (TPSA) is 38.0 Å². The fraction of sp³-hybridized carbons (Fsp3) is 0.200. The summed E-state index contributed by atoms with van der Waals surface area (Å²) in [6.07, 6.45) is 0.400. The van der Waals surface area contributed by atoms with E-state index in [1.165, 1.54) is 6.07 Å². The molecule has 0 saturated carbocycles. The van der Waals surface area contributed by atoms with Crippen LogP contribution < -0.4 is 11.1 Å². The second-order valence-electron chi connectivity index (χ2n) is 4.50. The summed E-state index contributed by atoms with van der Waals surface area (Å²) in [6.45, 7) is 2.45. The first kappa shape index (κ1) is 13.3. The molecule has 0 spiro atoms. The highest BCUT2D eigenvalue weighted by Crippen LogP contribution is 2.19. The zero-order valence-electron chi connectivity index (χ0n) is 10.7. The van der Waals surface area contributed by atoms with E-state index in [0.717, 1.165) is 23.4 Å². The standard InChI is InChI=1S/C15H16F2N2/c1-10-2-5-15(14(18)8-10)19-7-6-11-9-12(16)3-4-13(11)17/h2-5,8-9,19H,6-7,18H2,1H3. The van der Waals surface area contributed by atoms with Crippen LogP contribution in [0, 0.1) is 18.6 Å². The summed E-state index contributed by atoms with van der Waals surface area (Å²) in [6, 6.07) is 9.17. The first-order valence-corrected chi connectivity index (χ1v) is 6.10. The van der Waals surface area contributed by atoms with Crippen LogP contribution in [0.25, 0.3) is 0 Å². The highest BCUT2D eigenvalue weighted by molar-refractivity contribution is 5.66. The summed E-state index contributed by atoms with van der Waals surface area (Å²) in [4.78, 5) is 0. The van der Waals surface area contributed by atoms with Crippen LogP contribution in [0.15, 0.2) is 36.4 Å². The van der Waals surface area contributed by atoms with Crippen LogP contribution in [0.5, 0.6) is 0 Å².